The van der Waals surface area contributed by atoms with Gasteiger partial charge in [0, 0.05) is 23.8 Å². The van der Waals surface area contributed by atoms with Gasteiger partial charge in [0.2, 0.25) is 0 Å². The molecule has 1 unspecified atom stereocenters. The van der Waals surface area contributed by atoms with Crippen molar-refractivity contribution in [2.45, 2.75) is 25.8 Å². The van der Waals surface area contributed by atoms with Crippen molar-refractivity contribution in [3.8, 4) is 0 Å². The van der Waals surface area contributed by atoms with Crippen LogP contribution in [0.15, 0.2) is 24.3 Å². The average molecular weight is 280 g/mol. The van der Waals surface area contributed by atoms with Gasteiger partial charge in [-0.2, -0.15) is 0 Å². The van der Waals surface area contributed by atoms with E-state index in [1.807, 2.05) is 0 Å². The highest BCUT2D eigenvalue weighted by Crippen LogP contribution is 2.35. The number of fused-ring (bicyclic) bond motifs is 1. The van der Waals surface area contributed by atoms with Crippen LogP contribution >= 0.6 is 23.1 Å². The van der Waals surface area contributed by atoms with Crippen molar-refractivity contribution >= 4 is 28.8 Å². The predicted octanol–water partition coefficient (Wildman–Crippen LogP) is 3.71. The maximum Gasteiger partial charge on any atom is 0.139 e. The van der Waals surface area contributed by atoms with Crippen molar-refractivity contribution in [3.05, 3.63) is 39.9 Å². The molecular formula is C13H14ClN3S. The summed E-state index contributed by atoms with van der Waals surface area (Å²) in [6, 6.07) is 8.59. The first-order valence-electron chi connectivity index (χ1n) is 6.06. The van der Waals surface area contributed by atoms with Crippen LogP contribution in [0.5, 0.6) is 0 Å². The third-order valence-corrected chi connectivity index (χ3v) is 4.47. The molecule has 1 aliphatic rings. The van der Waals surface area contributed by atoms with Gasteiger partial charge in [0.1, 0.15) is 10.0 Å². The highest BCUT2D eigenvalue weighted by atomic mass is 35.5. The zero-order valence-corrected chi connectivity index (χ0v) is 11.7. The SMILES string of the molecule is CC1CCN(Cc2nnsc2Cl)c2ccccc21. The zero-order valence-electron chi connectivity index (χ0n) is 10.1. The number of benzene rings is 1. The van der Waals surface area contributed by atoms with E-state index in [1.54, 1.807) is 0 Å². The van der Waals surface area contributed by atoms with Gasteiger partial charge in [-0.15, -0.1) is 5.10 Å². The van der Waals surface area contributed by atoms with Crippen LogP contribution in [0.3, 0.4) is 0 Å². The van der Waals surface area contributed by atoms with Gasteiger partial charge in [-0.05, 0) is 24.0 Å². The second kappa shape index (κ2) is 4.86. The summed E-state index contributed by atoms with van der Waals surface area (Å²) in [6.45, 7) is 4.08. The molecule has 94 valence electrons. The van der Waals surface area contributed by atoms with Gasteiger partial charge in [-0.1, -0.05) is 41.2 Å². The summed E-state index contributed by atoms with van der Waals surface area (Å²) >= 11 is 7.33. The number of halogens is 1. The normalized spacial score (nSPS) is 18.8. The Morgan fingerprint density at radius 2 is 2.28 bits per heavy atom. The minimum atomic E-state index is 0.626. The Bertz CT molecular complexity index is 555. The van der Waals surface area contributed by atoms with Crippen LogP contribution in [0, 0.1) is 0 Å². The highest BCUT2D eigenvalue weighted by molar-refractivity contribution is 7.10. The van der Waals surface area contributed by atoms with Crippen LogP contribution in [-0.2, 0) is 6.54 Å². The molecule has 3 nitrogen and oxygen atoms in total. The fraction of sp³-hybridized carbons (Fsp3) is 0.385. The molecule has 2 aromatic rings. The Labute approximate surface area is 116 Å². The number of hydrogen-bond donors (Lipinski definition) is 0. The molecule has 0 radical (unpaired) electrons. The van der Waals surface area contributed by atoms with Crippen molar-refractivity contribution < 1.29 is 0 Å². The first kappa shape index (κ1) is 11.9. The number of anilines is 1. The number of para-hydroxylation sites is 1. The van der Waals surface area contributed by atoms with E-state index in [1.165, 1.54) is 29.2 Å². The van der Waals surface area contributed by atoms with E-state index in [0.717, 1.165) is 18.8 Å². The molecule has 2 heterocycles. The highest BCUT2D eigenvalue weighted by Gasteiger charge is 2.23. The molecule has 1 atom stereocenters. The van der Waals surface area contributed by atoms with E-state index in [-0.39, 0.29) is 0 Å². The zero-order chi connectivity index (χ0) is 12.5. The van der Waals surface area contributed by atoms with Gasteiger partial charge < -0.3 is 4.90 Å². The van der Waals surface area contributed by atoms with E-state index in [0.29, 0.717) is 10.3 Å². The van der Waals surface area contributed by atoms with Crippen molar-refractivity contribution in [1.29, 1.82) is 0 Å². The molecule has 1 aliphatic heterocycles. The Morgan fingerprint density at radius 3 is 3.06 bits per heavy atom. The van der Waals surface area contributed by atoms with Gasteiger partial charge in [0.05, 0.1) is 6.54 Å². The molecule has 18 heavy (non-hydrogen) atoms. The summed E-state index contributed by atoms with van der Waals surface area (Å²) in [4.78, 5) is 2.35. The monoisotopic (exact) mass is 279 g/mol. The predicted molar refractivity (Wildman–Crippen MR) is 75.4 cm³/mol. The van der Waals surface area contributed by atoms with Crippen molar-refractivity contribution in [3.63, 3.8) is 0 Å². The Kier molecular flexibility index (Phi) is 3.22. The smallest absolute Gasteiger partial charge is 0.139 e. The molecule has 0 amide bonds. The first-order chi connectivity index (χ1) is 8.75. The summed E-state index contributed by atoms with van der Waals surface area (Å²) in [5, 5.41) is 4.10. The molecule has 0 bridgehead atoms. The molecule has 0 N–H and O–H groups in total. The van der Waals surface area contributed by atoms with Crippen LogP contribution in [0.4, 0.5) is 5.69 Å². The van der Waals surface area contributed by atoms with E-state index >= 15 is 0 Å². The van der Waals surface area contributed by atoms with Crippen LogP contribution in [0.2, 0.25) is 4.34 Å². The lowest BCUT2D eigenvalue weighted by Crippen LogP contribution is -2.30. The molecule has 0 spiro atoms. The van der Waals surface area contributed by atoms with Gasteiger partial charge >= 0.3 is 0 Å². The summed E-state index contributed by atoms with van der Waals surface area (Å²) in [7, 11) is 0. The van der Waals surface area contributed by atoms with Gasteiger partial charge in [0.25, 0.3) is 0 Å². The molecule has 5 heteroatoms. The average Bonchev–Trinajstić information content (AvgIpc) is 2.79. The van der Waals surface area contributed by atoms with Crippen LogP contribution in [0.25, 0.3) is 0 Å². The molecule has 0 saturated heterocycles. The minimum absolute atomic E-state index is 0.626. The number of aromatic nitrogens is 2. The fourth-order valence-corrected chi connectivity index (χ4v) is 3.07. The Balaban J connectivity index is 1.91. The topological polar surface area (TPSA) is 29.0 Å². The van der Waals surface area contributed by atoms with Crippen LogP contribution in [0.1, 0.15) is 30.5 Å². The molecule has 3 rings (SSSR count). The summed E-state index contributed by atoms with van der Waals surface area (Å²) < 4.78 is 4.59. The van der Waals surface area contributed by atoms with Gasteiger partial charge in [0.15, 0.2) is 0 Å². The Morgan fingerprint density at radius 1 is 1.44 bits per heavy atom. The summed E-state index contributed by atoms with van der Waals surface area (Å²) in [6.07, 6.45) is 1.17. The molecule has 0 saturated carbocycles. The van der Waals surface area contributed by atoms with E-state index in [2.05, 4.69) is 45.7 Å². The quantitative estimate of drug-likeness (QED) is 0.839. The summed E-state index contributed by atoms with van der Waals surface area (Å²) in [5.74, 6) is 0.626. The largest absolute Gasteiger partial charge is 0.365 e. The molecule has 1 aromatic carbocycles. The lowest BCUT2D eigenvalue weighted by Gasteiger charge is -2.34. The molecule has 0 fully saturated rings. The van der Waals surface area contributed by atoms with E-state index in [9.17, 15) is 0 Å². The van der Waals surface area contributed by atoms with E-state index < -0.39 is 0 Å². The van der Waals surface area contributed by atoms with Crippen molar-refractivity contribution in [2.75, 3.05) is 11.4 Å². The number of hydrogen-bond acceptors (Lipinski definition) is 4. The second-order valence-corrected chi connectivity index (χ2v) is 6.02. The minimum Gasteiger partial charge on any atom is -0.365 e. The van der Waals surface area contributed by atoms with E-state index in [4.69, 9.17) is 11.6 Å². The third-order valence-electron chi connectivity index (χ3n) is 3.49. The second-order valence-electron chi connectivity index (χ2n) is 4.66. The maximum absolute atomic E-state index is 6.08. The van der Waals surface area contributed by atoms with Crippen LogP contribution in [-0.4, -0.2) is 16.1 Å². The van der Waals surface area contributed by atoms with Gasteiger partial charge in [-0.3, -0.25) is 0 Å². The first-order valence-corrected chi connectivity index (χ1v) is 7.21. The fourth-order valence-electron chi connectivity index (χ4n) is 2.45. The standard InChI is InChI=1S/C13H14ClN3S/c1-9-6-7-17(8-11-13(14)18-16-15-11)12-5-3-2-4-10(9)12/h2-5,9H,6-8H2,1H3. The van der Waals surface area contributed by atoms with Gasteiger partial charge in [-0.25, -0.2) is 0 Å². The molecule has 0 aliphatic carbocycles. The van der Waals surface area contributed by atoms with Crippen molar-refractivity contribution in [2.24, 2.45) is 0 Å². The lowest BCUT2D eigenvalue weighted by molar-refractivity contribution is 0.606. The lowest BCUT2D eigenvalue weighted by atomic mass is 9.91. The Hall–Kier alpha value is -1.13. The number of rotatable bonds is 2. The molecular weight excluding hydrogens is 266 g/mol. The summed E-state index contributed by atoms with van der Waals surface area (Å²) in [5.41, 5.74) is 3.61. The molecule has 1 aromatic heterocycles. The van der Waals surface area contributed by atoms with Crippen LogP contribution < -0.4 is 4.90 Å². The van der Waals surface area contributed by atoms with Crippen molar-refractivity contribution in [1.82, 2.24) is 9.59 Å². The third kappa shape index (κ3) is 2.10. The maximum atomic E-state index is 6.08. The number of nitrogens with zero attached hydrogens (tertiary/aromatic N) is 3.